The quantitative estimate of drug-likeness (QED) is 0.601. The number of carbonyl (C=O) groups is 1. The molecule has 0 aliphatic rings. The molecule has 25 heavy (non-hydrogen) atoms. The molecular weight excluding hydrogens is 338 g/mol. The van der Waals surface area contributed by atoms with Crippen molar-refractivity contribution in [3.8, 4) is 0 Å². The van der Waals surface area contributed by atoms with Gasteiger partial charge < -0.3 is 10.4 Å². The minimum absolute atomic E-state index is 0.0570. The Labute approximate surface area is 148 Å². The van der Waals surface area contributed by atoms with E-state index in [1.165, 1.54) is 23.1 Å². The molecule has 0 bridgehead atoms. The predicted octanol–water partition coefficient (Wildman–Crippen LogP) is 2.33. The fraction of sp³-hybridized carbons (Fsp3) is 0.176. The van der Waals surface area contributed by atoms with Crippen LogP contribution >= 0.6 is 11.3 Å². The van der Waals surface area contributed by atoms with Gasteiger partial charge in [0.15, 0.2) is 0 Å². The van der Waals surface area contributed by atoms with Crippen LogP contribution in [0.15, 0.2) is 48.1 Å². The Bertz CT molecular complexity index is 804. The highest BCUT2D eigenvalue weighted by Gasteiger charge is 2.08. The lowest BCUT2D eigenvalue weighted by Crippen LogP contribution is -2.13. The Morgan fingerprint density at radius 2 is 1.92 bits per heavy atom. The summed E-state index contributed by atoms with van der Waals surface area (Å²) in [5.41, 5.74) is 4.09. The van der Waals surface area contributed by atoms with Gasteiger partial charge in [-0.1, -0.05) is 35.6 Å². The largest absolute Gasteiger partial charge is 0.392 e. The van der Waals surface area contributed by atoms with E-state index in [1.807, 2.05) is 24.3 Å². The number of hydrogen-bond donors (Lipinski definition) is 3. The Balaban J connectivity index is 1.49. The molecule has 0 saturated heterocycles. The number of anilines is 2. The van der Waals surface area contributed by atoms with Crippen LogP contribution in [-0.2, 0) is 13.0 Å². The summed E-state index contributed by atoms with van der Waals surface area (Å²) in [6.45, 7) is 0.781. The van der Waals surface area contributed by atoms with Crippen LogP contribution in [0, 0.1) is 0 Å². The number of nitrogens with zero attached hydrogens (tertiary/aromatic N) is 3. The molecule has 7 nitrogen and oxygen atoms in total. The van der Waals surface area contributed by atoms with Crippen LogP contribution in [0.2, 0.25) is 0 Å². The Morgan fingerprint density at radius 1 is 1.12 bits per heavy atom. The molecule has 0 unspecified atom stereocenters. The maximum atomic E-state index is 12.0. The fourth-order valence-electron chi connectivity index (χ4n) is 2.18. The first-order valence-electron chi connectivity index (χ1n) is 7.71. The number of aliphatic hydroxyl groups excluding tert-OH is 1. The van der Waals surface area contributed by atoms with Crippen molar-refractivity contribution in [1.29, 1.82) is 0 Å². The monoisotopic (exact) mass is 355 g/mol. The molecule has 2 heterocycles. The molecule has 0 aliphatic heterocycles. The number of benzene rings is 1. The molecule has 3 aromatic rings. The van der Waals surface area contributed by atoms with Crippen molar-refractivity contribution in [1.82, 2.24) is 15.2 Å². The van der Waals surface area contributed by atoms with E-state index in [0.29, 0.717) is 16.5 Å². The lowest BCUT2D eigenvalue weighted by molar-refractivity contribution is 0.102. The molecular formula is C17H17N5O2S. The van der Waals surface area contributed by atoms with Crippen molar-refractivity contribution in [3.63, 3.8) is 0 Å². The molecule has 0 saturated carbocycles. The molecule has 0 aliphatic carbocycles. The van der Waals surface area contributed by atoms with Crippen molar-refractivity contribution in [3.05, 3.63) is 64.8 Å². The van der Waals surface area contributed by atoms with Gasteiger partial charge in [0.05, 0.1) is 12.2 Å². The van der Waals surface area contributed by atoms with Crippen LogP contribution in [0.4, 0.5) is 10.9 Å². The topological polar surface area (TPSA) is 100 Å². The van der Waals surface area contributed by atoms with Gasteiger partial charge in [0.2, 0.25) is 5.13 Å². The molecule has 1 aromatic carbocycles. The van der Waals surface area contributed by atoms with Crippen molar-refractivity contribution in [2.24, 2.45) is 0 Å². The number of aliphatic hydroxyl groups is 1. The van der Waals surface area contributed by atoms with Crippen molar-refractivity contribution in [2.45, 2.75) is 13.0 Å². The number of pyridine rings is 1. The highest BCUT2D eigenvalue weighted by molar-refractivity contribution is 7.13. The van der Waals surface area contributed by atoms with Crippen molar-refractivity contribution >= 4 is 28.2 Å². The highest BCUT2D eigenvalue weighted by atomic mass is 32.1. The first kappa shape index (κ1) is 17.0. The third-order valence-electron chi connectivity index (χ3n) is 3.53. The number of aromatic nitrogens is 3. The summed E-state index contributed by atoms with van der Waals surface area (Å²) in [5, 5.41) is 22.8. The van der Waals surface area contributed by atoms with Crippen LogP contribution in [0.1, 0.15) is 21.5 Å². The second-order valence-corrected chi connectivity index (χ2v) is 6.11. The smallest absolute Gasteiger partial charge is 0.259 e. The van der Waals surface area contributed by atoms with E-state index in [-0.39, 0.29) is 12.5 Å². The van der Waals surface area contributed by atoms with Gasteiger partial charge in [-0.05, 0) is 29.7 Å². The van der Waals surface area contributed by atoms with Crippen LogP contribution in [-0.4, -0.2) is 32.7 Å². The molecule has 8 heteroatoms. The number of rotatable bonds is 7. The fourth-order valence-corrected chi connectivity index (χ4v) is 2.62. The summed E-state index contributed by atoms with van der Waals surface area (Å²) in [7, 11) is 0. The van der Waals surface area contributed by atoms with Gasteiger partial charge in [0.1, 0.15) is 11.3 Å². The van der Waals surface area contributed by atoms with Crippen molar-refractivity contribution < 1.29 is 9.90 Å². The molecule has 128 valence electrons. The molecule has 2 aromatic heterocycles. The van der Waals surface area contributed by atoms with Gasteiger partial charge in [0.25, 0.3) is 5.91 Å². The zero-order valence-electron chi connectivity index (χ0n) is 13.3. The SMILES string of the molecule is O=C(Nc1nncs1)c1ccc(NCCc2ccc(CO)cc2)nc1. The van der Waals surface area contributed by atoms with Gasteiger partial charge in [0, 0.05) is 12.7 Å². The van der Waals surface area contributed by atoms with Crippen LogP contribution in [0.5, 0.6) is 0 Å². The number of nitrogens with one attached hydrogen (secondary N) is 2. The molecule has 0 fully saturated rings. The van der Waals surface area contributed by atoms with E-state index in [9.17, 15) is 4.79 Å². The van der Waals surface area contributed by atoms with E-state index in [0.717, 1.165) is 18.5 Å². The van der Waals surface area contributed by atoms with Gasteiger partial charge >= 0.3 is 0 Å². The molecule has 1 amide bonds. The predicted molar refractivity (Wildman–Crippen MR) is 96.7 cm³/mol. The lowest BCUT2D eigenvalue weighted by Gasteiger charge is -2.07. The molecule has 3 N–H and O–H groups in total. The minimum atomic E-state index is -0.264. The average Bonchev–Trinajstić information content (AvgIpc) is 3.16. The second-order valence-electron chi connectivity index (χ2n) is 5.28. The van der Waals surface area contributed by atoms with E-state index in [1.54, 1.807) is 17.6 Å². The van der Waals surface area contributed by atoms with Crippen LogP contribution in [0.3, 0.4) is 0 Å². The van der Waals surface area contributed by atoms with E-state index >= 15 is 0 Å². The third kappa shape index (κ3) is 4.82. The van der Waals surface area contributed by atoms with Crippen molar-refractivity contribution in [2.75, 3.05) is 17.2 Å². The summed E-state index contributed by atoms with van der Waals surface area (Å²) < 4.78 is 0. The summed E-state index contributed by atoms with van der Waals surface area (Å²) in [6, 6.07) is 11.3. The number of carbonyl (C=O) groups excluding carboxylic acids is 1. The van der Waals surface area contributed by atoms with Gasteiger partial charge in [-0.15, -0.1) is 10.2 Å². The summed E-state index contributed by atoms with van der Waals surface area (Å²) in [6.07, 6.45) is 2.36. The molecule has 0 radical (unpaired) electrons. The Hall–Kier alpha value is -2.84. The zero-order chi connectivity index (χ0) is 17.5. The van der Waals surface area contributed by atoms with Gasteiger partial charge in [-0.25, -0.2) is 4.98 Å². The minimum Gasteiger partial charge on any atom is -0.392 e. The summed E-state index contributed by atoms with van der Waals surface area (Å²) >= 11 is 1.26. The Morgan fingerprint density at radius 3 is 2.56 bits per heavy atom. The first-order valence-corrected chi connectivity index (χ1v) is 8.58. The maximum Gasteiger partial charge on any atom is 0.259 e. The maximum absolute atomic E-state index is 12.0. The standard InChI is InChI=1S/C17H17N5O2S/c23-10-13-3-1-12(2-4-13)7-8-18-15-6-5-14(9-19-15)16(24)21-17-22-20-11-25-17/h1-6,9,11,23H,7-8,10H2,(H,18,19)(H,21,22,24). The Kier molecular flexibility index (Phi) is 5.65. The van der Waals surface area contributed by atoms with E-state index in [2.05, 4.69) is 25.8 Å². The molecule has 0 atom stereocenters. The first-order chi connectivity index (χ1) is 12.2. The van der Waals surface area contributed by atoms with Gasteiger partial charge in [-0.3, -0.25) is 10.1 Å². The molecule has 0 spiro atoms. The summed E-state index contributed by atoms with van der Waals surface area (Å²) in [5.74, 6) is 0.444. The zero-order valence-corrected chi connectivity index (χ0v) is 14.2. The number of hydrogen-bond acceptors (Lipinski definition) is 7. The lowest BCUT2D eigenvalue weighted by atomic mass is 10.1. The van der Waals surface area contributed by atoms with Gasteiger partial charge in [-0.2, -0.15) is 0 Å². The van der Waals surface area contributed by atoms with E-state index < -0.39 is 0 Å². The second kappa shape index (κ2) is 8.32. The molecule has 3 rings (SSSR count). The highest BCUT2D eigenvalue weighted by Crippen LogP contribution is 2.12. The van der Waals surface area contributed by atoms with E-state index in [4.69, 9.17) is 5.11 Å². The van der Waals surface area contributed by atoms with Crippen LogP contribution in [0.25, 0.3) is 0 Å². The summed E-state index contributed by atoms with van der Waals surface area (Å²) in [4.78, 5) is 16.3. The average molecular weight is 355 g/mol. The normalized spacial score (nSPS) is 10.4. The number of amides is 1. The third-order valence-corrected chi connectivity index (χ3v) is 4.14. The van der Waals surface area contributed by atoms with Crippen LogP contribution < -0.4 is 10.6 Å².